The average Bonchev–Trinajstić information content (AvgIpc) is 2.69. The number of nitrogens with zero attached hydrogens (tertiary/aromatic N) is 1. The van der Waals surface area contributed by atoms with Gasteiger partial charge in [0.1, 0.15) is 11.9 Å². The van der Waals surface area contributed by atoms with Crippen molar-refractivity contribution in [2.24, 2.45) is 0 Å². The smallest absolute Gasteiger partial charge is 0.325 e. The summed E-state index contributed by atoms with van der Waals surface area (Å²) in [5, 5.41) is 13.4. The molecule has 7 nitrogen and oxygen atoms in total. The van der Waals surface area contributed by atoms with E-state index in [4.69, 9.17) is 5.11 Å². The second kappa shape index (κ2) is 5.15. The lowest BCUT2D eigenvalue weighted by molar-refractivity contribution is -0.138. The van der Waals surface area contributed by atoms with Crippen molar-refractivity contribution < 1.29 is 14.7 Å². The van der Waals surface area contributed by atoms with E-state index in [0.717, 1.165) is 0 Å². The van der Waals surface area contributed by atoms with Crippen LogP contribution in [-0.2, 0) is 4.79 Å². The minimum Gasteiger partial charge on any atom is -0.480 e. The Bertz CT molecular complexity index is 363. The lowest BCUT2D eigenvalue weighted by Gasteiger charge is -2.14. The second-order valence-electron chi connectivity index (χ2n) is 3.37. The standard InChI is InChI=1S/C9H14N4O3/c1-5(7-10-3-4-11-7)12-9(16)13-6(2)8(14)15/h3-6H,1-2H3,(H,10,11)(H,14,15)(H2,12,13,16)/t5?,6-/m0/s1. The van der Waals surface area contributed by atoms with E-state index in [9.17, 15) is 9.59 Å². The Balaban J connectivity index is 2.43. The van der Waals surface area contributed by atoms with Crippen LogP contribution in [0, 0.1) is 0 Å². The summed E-state index contributed by atoms with van der Waals surface area (Å²) in [5.74, 6) is -0.473. The summed E-state index contributed by atoms with van der Waals surface area (Å²) in [7, 11) is 0. The van der Waals surface area contributed by atoms with Gasteiger partial charge in [-0.2, -0.15) is 0 Å². The maximum atomic E-state index is 11.3. The number of carboxylic acids is 1. The molecular formula is C9H14N4O3. The van der Waals surface area contributed by atoms with Crippen molar-refractivity contribution in [2.45, 2.75) is 25.9 Å². The number of rotatable bonds is 4. The van der Waals surface area contributed by atoms with Gasteiger partial charge in [0.15, 0.2) is 0 Å². The zero-order chi connectivity index (χ0) is 12.1. The van der Waals surface area contributed by atoms with E-state index in [2.05, 4.69) is 20.6 Å². The number of urea groups is 1. The third kappa shape index (κ3) is 3.26. The van der Waals surface area contributed by atoms with E-state index in [0.29, 0.717) is 5.82 Å². The number of aromatic nitrogens is 2. The normalized spacial score (nSPS) is 13.9. The van der Waals surface area contributed by atoms with Crippen molar-refractivity contribution in [3.8, 4) is 0 Å². The molecule has 0 aromatic carbocycles. The first-order valence-corrected chi connectivity index (χ1v) is 4.80. The molecule has 0 aliphatic carbocycles. The zero-order valence-electron chi connectivity index (χ0n) is 9.02. The van der Waals surface area contributed by atoms with E-state index in [-0.39, 0.29) is 6.04 Å². The molecule has 2 amide bonds. The van der Waals surface area contributed by atoms with Crippen LogP contribution in [0.25, 0.3) is 0 Å². The summed E-state index contributed by atoms with van der Waals surface area (Å²) in [5.41, 5.74) is 0. The Morgan fingerprint density at radius 3 is 2.62 bits per heavy atom. The lowest BCUT2D eigenvalue weighted by atomic mass is 10.3. The molecule has 1 aromatic heterocycles. The molecule has 0 saturated carbocycles. The number of nitrogens with one attached hydrogen (secondary N) is 3. The first kappa shape index (κ1) is 12.0. The van der Waals surface area contributed by atoms with Crippen LogP contribution < -0.4 is 10.6 Å². The lowest BCUT2D eigenvalue weighted by Crippen LogP contribution is -2.45. The van der Waals surface area contributed by atoms with Gasteiger partial charge in [-0.3, -0.25) is 4.79 Å². The molecule has 0 aliphatic heterocycles. The highest BCUT2D eigenvalue weighted by Crippen LogP contribution is 2.04. The van der Waals surface area contributed by atoms with E-state index in [1.165, 1.54) is 6.92 Å². The predicted molar refractivity (Wildman–Crippen MR) is 55.8 cm³/mol. The zero-order valence-corrected chi connectivity index (χ0v) is 9.02. The summed E-state index contributed by atoms with van der Waals surface area (Å²) in [4.78, 5) is 28.6. The summed E-state index contributed by atoms with van der Waals surface area (Å²) < 4.78 is 0. The third-order valence-corrected chi connectivity index (χ3v) is 2.00. The molecule has 0 spiro atoms. The quantitative estimate of drug-likeness (QED) is 0.590. The van der Waals surface area contributed by atoms with Crippen molar-refractivity contribution in [1.82, 2.24) is 20.6 Å². The molecule has 0 bridgehead atoms. The largest absolute Gasteiger partial charge is 0.480 e. The maximum Gasteiger partial charge on any atom is 0.325 e. The molecule has 1 heterocycles. The van der Waals surface area contributed by atoms with Gasteiger partial charge in [0.2, 0.25) is 0 Å². The summed E-state index contributed by atoms with van der Waals surface area (Å²) in [6.07, 6.45) is 3.22. The van der Waals surface area contributed by atoms with E-state index in [1.54, 1.807) is 19.3 Å². The highest BCUT2D eigenvalue weighted by molar-refractivity contribution is 5.82. The number of amides is 2. The Hall–Kier alpha value is -2.05. The van der Waals surface area contributed by atoms with Crippen LogP contribution in [0.3, 0.4) is 0 Å². The van der Waals surface area contributed by atoms with Crippen LogP contribution >= 0.6 is 0 Å². The van der Waals surface area contributed by atoms with Crippen LogP contribution in [0.2, 0.25) is 0 Å². The Morgan fingerprint density at radius 2 is 2.12 bits per heavy atom. The molecule has 0 aliphatic rings. The van der Waals surface area contributed by atoms with Gasteiger partial charge in [-0.1, -0.05) is 0 Å². The van der Waals surface area contributed by atoms with Crippen LogP contribution in [0.1, 0.15) is 25.7 Å². The first-order chi connectivity index (χ1) is 7.50. The van der Waals surface area contributed by atoms with Crippen LogP contribution in [-0.4, -0.2) is 33.1 Å². The number of H-pyrrole nitrogens is 1. The molecule has 1 unspecified atom stereocenters. The van der Waals surface area contributed by atoms with E-state index in [1.807, 2.05) is 0 Å². The number of aliphatic carboxylic acids is 1. The van der Waals surface area contributed by atoms with Gasteiger partial charge < -0.3 is 20.7 Å². The number of hydrogen-bond donors (Lipinski definition) is 4. The Kier molecular flexibility index (Phi) is 3.87. The molecule has 2 atom stereocenters. The summed E-state index contributed by atoms with van der Waals surface area (Å²) >= 11 is 0. The number of carbonyl (C=O) groups excluding carboxylic acids is 1. The molecule has 0 radical (unpaired) electrons. The molecule has 0 fully saturated rings. The SMILES string of the molecule is CC(NC(=O)N[C@@H](C)C(=O)O)c1ncc[nH]1. The second-order valence-corrected chi connectivity index (χ2v) is 3.37. The average molecular weight is 226 g/mol. The monoisotopic (exact) mass is 226 g/mol. The summed E-state index contributed by atoms with van der Waals surface area (Å²) in [6.45, 7) is 3.13. The maximum absolute atomic E-state index is 11.3. The molecule has 1 rings (SSSR count). The van der Waals surface area contributed by atoms with Gasteiger partial charge in [-0.05, 0) is 13.8 Å². The first-order valence-electron chi connectivity index (χ1n) is 4.80. The molecule has 16 heavy (non-hydrogen) atoms. The fourth-order valence-electron chi connectivity index (χ4n) is 1.08. The number of imidazole rings is 1. The molecule has 1 aromatic rings. The third-order valence-electron chi connectivity index (χ3n) is 2.00. The summed E-state index contributed by atoms with van der Waals surface area (Å²) in [6, 6.07) is -1.78. The van der Waals surface area contributed by atoms with Crippen molar-refractivity contribution in [3.63, 3.8) is 0 Å². The number of aromatic amines is 1. The van der Waals surface area contributed by atoms with Crippen molar-refractivity contribution >= 4 is 12.0 Å². The van der Waals surface area contributed by atoms with Gasteiger partial charge in [-0.15, -0.1) is 0 Å². The fourth-order valence-corrected chi connectivity index (χ4v) is 1.08. The van der Waals surface area contributed by atoms with Crippen LogP contribution in [0.15, 0.2) is 12.4 Å². The van der Waals surface area contributed by atoms with Gasteiger partial charge >= 0.3 is 12.0 Å². The predicted octanol–water partition coefficient (Wildman–Crippen LogP) is 0.243. The number of carbonyl (C=O) groups is 2. The molecule has 0 saturated heterocycles. The Morgan fingerprint density at radius 1 is 1.44 bits per heavy atom. The van der Waals surface area contributed by atoms with Gasteiger partial charge in [0.05, 0.1) is 6.04 Å². The van der Waals surface area contributed by atoms with Crippen LogP contribution in [0.4, 0.5) is 4.79 Å². The topological polar surface area (TPSA) is 107 Å². The number of hydrogen-bond acceptors (Lipinski definition) is 3. The highest BCUT2D eigenvalue weighted by atomic mass is 16.4. The minimum atomic E-state index is -1.08. The van der Waals surface area contributed by atoms with E-state index < -0.39 is 18.0 Å². The van der Waals surface area contributed by atoms with Crippen molar-refractivity contribution in [2.75, 3.05) is 0 Å². The van der Waals surface area contributed by atoms with Crippen molar-refractivity contribution in [1.29, 1.82) is 0 Å². The number of carboxylic acid groups (broad SMARTS) is 1. The van der Waals surface area contributed by atoms with Crippen LogP contribution in [0.5, 0.6) is 0 Å². The molecule has 4 N–H and O–H groups in total. The molecular weight excluding hydrogens is 212 g/mol. The fraction of sp³-hybridized carbons (Fsp3) is 0.444. The molecule has 7 heteroatoms. The highest BCUT2D eigenvalue weighted by Gasteiger charge is 2.16. The molecule has 88 valence electrons. The van der Waals surface area contributed by atoms with Gasteiger partial charge in [-0.25, -0.2) is 9.78 Å². The Labute approximate surface area is 92.3 Å². The minimum absolute atomic E-state index is 0.309. The van der Waals surface area contributed by atoms with Gasteiger partial charge in [0, 0.05) is 12.4 Å². The van der Waals surface area contributed by atoms with E-state index >= 15 is 0 Å². The van der Waals surface area contributed by atoms with Gasteiger partial charge in [0.25, 0.3) is 0 Å². The van der Waals surface area contributed by atoms with Crippen molar-refractivity contribution in [3.05, 3.63) is 18.2 Å².